The fourth-order valence-corrected chi connectivity index (χ4v) is 3.47. The van der Waals surface area contributed by atoms with Crippen molar-refractivity contribution in [2.45, 2.75) is 46.1 Å². The Labute approximate surface area is 121 Å². The summed E-state index contributed by atoms with van der Waals surface area (Å²) in [5.74, 6) is 0.0893. The molecule has 3 unspecified atom stereocenters. The van der Waals surface area contributed by atoms with Crippen LogP contribution in [0.15, 0.2) is 0 Å². The van der Waals surface area contributed by atoms with Gasteiger partial charge >= 0.3 is 0 Å². The Morgan fingerprint density at radius 3 is 2.80 bits per heavy atom. The number of nitrogens with zero attached hydrogens (tertiary/aromatic N) is 1. The topological polar surface area (TPSA) is 75.4 Å². The lowest BCUT2D eigenvalue weighted by Crippen LogP contribution is -2.52. The van der Waals surface area contributed by atoms with Crippen LogP contribution in [0.5, 0.6) is 0 Å². The number of nitrogens with two attached hydrogens (primary N) is 1. The van der Waals surface area contributed by atoms with Crippen LogP contribution in [0, 0.1) is 17.3 Å². The molecule has 0 aliphatic carbocycles. The highest BCUT2D eigenvalue weighted by Crippen LogP contribution is 2.31. The van der Waals surface area contributed by atoms with Crippen LogP contribution in [0.2, 0.25) is 0 Å². The summed E-state index contributed by atoms with van der Waals surface area (Å²) in [6, 6.07) is 0.0396. The number of piperidine rings is 1. The molecule has 2 heterocycles. The first kappa shape index (κ1) is 15.3. The Morgan fingerprint density at radius 2 is 2.20 bits per heavy atom. The van der Waals surface area contributed by atoms with E-state index in [0.717, 1.165) is 25.8 Å². The first-order valence-electron chi connectivity index (χ1n) is 7.62. The molecule has 2 amide bonds. The molecule has 5 heteroatoms. The van der Waals surface area contributed by atoms with E-state index in [1.807, 2.05) is 4.90 Å². The van der Waals surface area contributed by atoms with Crippen molar-refractivity contribution in [3.05, 3.63) is 0 Å². The third kappa shape index (κ3) is 3.14. The summed E-state index contributed by atoms with van der Waals surface area (Å²) in [5, 5.41) is 2.89. The minimum Gasteiger partial charge on any atom is -0.354 e. The molecule has 3 N–H and O–H groups in total. The van der Waals surface area contributed by atoms with Crippen molar-refractivity contribution in [1.29, 1.82) is 0 Å². The average Bonchev–Trinajstić information content (AvgIpc) is 2.76. The summed E-state index contributed by atoms with van der Waals surface area (Å²) in [6.07, 6.45) is 2.59. The van der Waals surface area contributed by atoms with Crippen molar-refractivity contribution in [2.24, 2.45) is 23.0 Å². The van der Waals surface area contributed by atoms with Gasteiger partial charge in [-0.2, -0.15) is 0 Å². The molecular weight excluding hydrogens is 254 g/mol. The van der Waals surface area contributed by atoms with E-state index in [-0.39, 0.29) is 35.1 Å². The maximum atomic E-state index is 12.8. The first-order valence-corrected chi connectivity index (χ1v) is 7.62. The van der Waals surface area contributed by atoms with Crippen LogP contribution < -0.4 is 11.1 Å². The van der Waals surface area contributed by atoms with Crippen molar-refractivity contribution in [2.75, 3.05) is 19.6 Å². The van der Waals surface area contributed by atoms with Gasteiger partial charge in [0.25, 0.3) is 0 Å². The second-order valence-corrected chi connectivity index (χ2v) is 7.29. The van der Waals surface area contributed by atoms with E-state index >= 15 is 0 Å². The van der Waals surface area contributed by atoms with Gasteiger partial charge in [-0.1, -0.05) is 20.8 Å². The number of fused-ring (bicyclic) bond motifs is 1. The molecule has 2 aliphatic rings. The molecule has 114 valence electrons. The zero-order valence-corrected chi connectivity index (χ0v) is 12.8. The summed E-state index contributed by atoms with van der Waals surface area (Å²) < 4.78 is 0. The van der Waals surface area contributed by atoms with Crippen molar-refractivity contribution in [3.8, 4) is 0 Å². The number of carbonyl (C=O) groups is 2. The van der Waals surface area contributed by atoms with Gasteiger partial charge in [0.15, 0.2) is 0 Å². The van der Waals surface area contributed by atoms with Gasteiger partial charge in [0.1, 0.15) is 0 Å². The maximum Gasteiger partial charge on any atom is 0.227 e. The zero-order valence-electron chi connectivity index (χ0n) is 12.8. The first-order chi connectivity index (χ1) is 9.33. The number of likely N-dealkylation sites (tertiary alicyclic amines) is 1. The quantitative estimate of drug-likeness (QED) is 0.801. The molecule has 0 radical (unpaired) electrons. The molecule has 2 aliphatic heterocycles. The van der Waals surface area contributed by atoms with Crippen molar-refractivity contribution >= 4 is 11.8 Å². The summed E-state index contributed by atoms with van der Waals surface area (Å²) in [6.45, 7) is 8.12. The second kappa shape index (κ2) is 5.72. The molecule has 20 heavy (non-hydrogen) atoms. The molecule has 0 bridgehead atoms. The van der Waals surface area contributed by atoms with Gasteiger partial charge < -0.3 is 16.0 Å². The average molecular weight is 281 g/mol. The molecule has 2 rings (SSSR count). The fourth-order valence-electron chi connectivity index (χ4n) is 3.47. The Morgan fingerprint density at radius 1 is 1.50 bits per heavy atom. The van der Waals surface area contributed by atoms with E-state index in [1.165, 1.54) is 0 Å². The molecule has 3 atom stereocenters. The van der Waals surface area contributed by atoms with Gasteiger partial charge in [0.2, 0.25) is 11.8 Å². The van der Waals surface area contributed by atoms with Crippen LogP contribution in [0.3, 0.4) is 0 Å². The smallest absolute Gasteiger partial charge is 0.227 e. The van der Waals surface area contributed by atoms with Crippen LogP contribution in [-0.4, -0.2) is 42.4 Å². The van der Waals surface area contributed by atoms with Crippen LogP contribution in [0.4, 0.5) is 0 Å². The number of carbonyl (C=O) groups excluding carboxylic acids is 2. The van der Waals surface area contributed by atoms with E-state index in [1.54, 1.807) is 0 Å². The highest BCUT2D eigenvalue weighted by Gasteiger charge is 2.43. The van der Waals surface area contributed by atoms with E-state index in [2.05, 4.69) is 26.1 Å². The SMILES string of the molecule is CC(C)(C)CC(CN)C(=O)N1CCCC2C(=O)NCC21. The van der Waals surface area contributed by atoms with Crippen LogP contribution in [0.25, 0.3) is 0 Å². The minimum atomic E-state index is -0.135. The lowest BCUT2D eigenvalue weighted by molar-refractivity contribution is -0.141. The Balaban J connectivity index is 2.09. The predicted octanol–water partition coefficient (Wildman–Crippen LogP) is 0.735. The predicted molar refractivity (Wildman–Crippen MR) is 77.9 cm³/mol. The number of amides is 2. The largest absolute Gasteiger partial charge is 0.354 e. The van der Waals surface area contributed by atoms with Gasteiger partial charge in [-0.15, -0.1) is 0 Å². The Bertz CT molecular complexity index is 389. The van der Waals surface area contributed by atoms with Gasteiger partial charge in [-0.25, -0.2) is 0 Å². The van der Waals surface area contributed by atoms with Gasteiger partial charge in [0, 0.05) is 19.6 Å². The molecule has 0 saturated carbocycles. The van der Waals surface area contributed by atoms with Gasteiger partial charge in [-0.05, 0) is 24.7 Å². The Kier molecular flexibility index (Phi) is 4.37. The molecule has 0 aromatic rings. The summed E-state index contributed by atoms with van der Waals surface area (Å²) in [7, 11) is 0. The maximum absolute atomic E-state index is 12.8. The molecule has 5 nitrogen and oxygen atoms in total. The number of rotatable bonds is 3. The van der Waals surface area contributed by atoms with Crippen molar-refractivity contribution in [3.63, 3.8) is 0 Å². The van der Waals surface area contributed by atoms with Crippen LogP contribution in [-0.2, 0) is 9.59 Å². The summed E-state index contributed by atoms with van der Waals surface area (Å²) in [5.41, 5.74) is 5.90. The molecule has 2 fully saturated rings. The summed E-state index contributed by atoms with van der Waals surface area (Å²) in [4.78, 5) is 26.4. The highest BCUT2D eigenvalue weighted by atomic mass is 16.2. The summed E-state index contributed by atoms with van der Waals surface area (Å²) >= 11 is 0. The number of hydrogen-bond acceptors (Lipinski definition) is 3. The van der Waals surface area contributed by atoms with Crippen molar-refractivity contribution in [1.82, 2.24) is 10.2 Å². The highest BCUT2D eigenvalue weighted by molar-refractivity contribution is 5.85. The molecule has 0 aromatic carbocycles. The monoisotopic (exact) mass is 281 g/mol. The standard InChI is InChI=1S/C15H27N3O2/c1-15(2,3)7-10(8-16)14(20)18-6-4-5-11-12(18)9-17-13(11)19/h10-12H,4-9,16H2,1-3H3,(H,17,19). The van der Waals surface area contributed by atoms with Gasteiger partial charge in [0.05, 0.1) is 17.9 Å². The van der Waals surface area contributed by atoms with Crippen molar-refractivity contribution < 1.29 is 9.59 Å². The second-order valence-electron chi connectivity index (χ2n) is 7.29. The lowest BCUT2D eigenvalue weighted by Gasteiger charge is -2.38. The molecular formula is C15H27N3O2. The molecule has 0 spiro atoms. The zero-order chi connectivity index (χ0) is 14.9. The normalized spacial score (nSPS) is 28.0. The third-order valence-corrected chi connectivity index (χ3v) is 4.38. The van der Waals surface area contributed by atoms with Crippen LogP contribution in [0.1, 0.15) is 40.0 Å². The Hall–Kier alpha value is -1.10. The fraction of sp³-hybridized carbons (Fsp3) is 0.867. The van der Waals surface area contributed by atoms with E-state index in [4.69, 9.17) is 5.73 Å². The number of nitrogens with one attached hydrogen (secondary N) is 1. The van der Waals surface area contributed by atoms with E-state index in [9.17, 15) is 9.59 Å². The van der Waals surface area contributed by atoms with Crippen LogP contribution >= 0.6 is 0 Å². The van der Waals surface area contributed by atoms with Gasteiger partial charge in [-0.3, -0.25) is 9.59 Å². The molecule has 2 saturated heterocycles. The molecule has 0 aromatic heterocycles. The number of hydrogen-bond donors (Lipinski definition) is 2. The van der Waals surface area contributed by atoms with E-state index < -0.39 is 0 Å². The lowest BCUT2D eigenvalue weighted by atomic mass is 9.83. The minimum absolute atomic E-state index is 0.0132. The third-order valence-electron chi connectivity index (χ3n) is 4.38. The van der Waals surface area contributed by atoms with E-state index in [0.29, 0.717) is 13.1 Å².